The summed E-state index contributed by atoms with van der Waals surface area (Å²) in [5, 5.41) is 3.13. The molecule has 0 saturated carbocycles. The minimum Gasteiger partial charge on any atom is -0.367 e. The first kappa shape index (κ1) is 11.5. The second-order valence-corrected chi connectivity index (χ2v) is 3.95. The molecular weight excluding hydrogens is 212 g/mol. The predicted molar refractivity (Wildman–Crippen MR) is 57.1 cm³/mol. The molecular formula is C12H15F2NO. The molecule has 1 N–H and O–H groups in total. The van der Waals surface area contributed by atoms with Gasteiger partial charge in [-0.15, -0.1) is 0 Å². The van der Waals surface area contributed by atoms with Crippen LogP contribution in [0.4, 0.5) is 8.78 Å². The third-order valence-electron chi connectivity index (χ3n) is 2.84. The molecule has 16 heavy (non-hydrogen) atoms. The maximum atomic E-state index is 13.5. The molecule has 4 heteroatoms. The number of rotatable bonds is 2. The monoisotopic (exact) mass is 227 g/mol. The lowest BCUT2D eigenvalue weighted by atomic mass is 10.1. The number of benzene rings is 1. The van der Waals surface area contributed by atoms with E-state index in [0.717, 1.165) is 13.0 Å². The quantitative estimate of drug-likeness (QED) is 0.837. The zero-order chi connectivity index (χ0) is 11.5. The van der Waals surface area contributed by atoms with Gasteiger partial charge in [-0.2, -0.15) is 0 Å². The summed E-state index contributed by atoms with van der Waals surface area (Å²) in [6.07, 6.45) is 0.331. The molecule has 0 spiro atoms. The predicted octanol–water partition coefficient (Wildman–Crippen LogP) is 2.40. The number of nitrogens with one attached hydrogen (secondary N) is 1. The van der Waals surface area contributed by atoms with Gasteiger partial charge in [-0.05, 0) is 18.6 Å². The zero-order valence-electron chi connectivity index (χ0n) is 9.17. The van der Waals surface area contributed by atoms with Gasteiger partial charge in [-0.3, -0.25) is 0 Å². The van der Waals surface area contributed by atoms with Crippen LogP contribution in [-0.2, 0) is 4.74 Å². The van der Waals surface area contributed by atoms with Crippen molar-refractivity contribution in [2.45, 2.75) is 25.6 Å². The lowest BCUT2D eigenvalue weighted by Crippen LogP contribution is -2.40. The van der Waals surface area contributed by atoms with Crippen LogP contribution in [0.15, 0.2) is 18.2 Å². The van der Waals surface area contributed by atoms with Gasteiger partial charge in [0.1, 0.15) is 17.7 Å². The van der Waals surface area contributed by atoms with E-state index < -0.39 is 17.7 Å². The lowest BCUT2D eigenvalue weighted by Gasteiger charge is -2.30. The number of morpholine rings is 1. The molecule has 0 amide bonds. The number of ether oxygens (including phenoxy) is 1. The van der Waals surface area contributed by atoms with Crippen molar-refractivity contribution in [3.8, 4) is 0 Å². The molecule has 2 nitrogen and oxygen atoms in total. The van der Waals surface area contributed by atoms with Crippen molar-refractivity contribution >= 4 is 0 Å². The maximum Gasteiger partial charge on any atom is 0.132 e. The van der Waals surface area contributed by atoms with Crippen molar-refractivity contribution in [1.82, 2.24) is 5.32 Å². The summed E-state index contributed by atoms with van der Waals surface area (Å²) < 4.78 is 32.7. The Morgan fingerprint density at radius 1 is 1.31 bits per heavy atom. The Bertz CT molecular complexity index is 350. The zero-order valence-corrected chi connectivity index (χ0v) is 9.17. The Morgan fingerprint density at radius 3 is 2.62 bits per heavy atom. The van der Waals surface area contributed by atoms with Crippen LogP contribution in [0.2, 0.25) is 0 Å². The maximum absolute atomic E-state index is 13.5. The molecule has 1 saturated heterocycles. The van der Waals surface area contributed by atoms with E-state index in [1.54, 1.807) is 0 Å². The van der Waals surface area contributed by atoms with Crippen molar-refractivity contribution in [3.05, 3.63) is 35.4 Å². The Hall–Kier alpha value is -1.00. The first-order valence-electron chi connectivity index (χ1n) is 5.52. The average molecular weight is 227 g/mol. The summed E-state index contributed by atoms with van der Waals surface area (Å²) in [4.78, 5) is 0. The molecule has 2 atom stereocenters. The van der Waals surface area contributed by atoms with Gasteiger partial charge in [0.15, 0.2) is 0 Å². The van der Waals surface area contributed by atoms with Crippen LogP contribution in [0.25, 0.3) is 0 Å². The highest BCUT2D eigenvalue weighted by Crippen LogP contribution is 2.26. The van der Waals surface area contributed by atoms with Crippen molar-refractivity contribution in [2.75, 3.05) is 13.1 Å². The Labute approximate surface area is 93.6 Å². The van der Waals surface area contributed by atoms with Crippen LogP contribution >= 0.6 is 0 Å². The van der Waals surface area contributed by atoms with Gasteiger partial charge in [0.25, 0.3) is 0 Å². The van der Waals surface area contributed by atoms with Gasteiger partial charge in [-0.1, -0.05) is 13.0 Å². The van der Waals surface area contributed by atoms with E-state index in [1.165, 1.54) is 18.2 Å². The molecule has 0 bridgehead atoms. The minimum absolute atomic E-state index is 0.0257. The number of halogens is 2. The van der Waals surface area contributed by atoms with Gasteiger partial charge >= 0.3 is 0 Å². The van der Waals surface area contributed by atoms with Crippen LogP contribution in [0, 0.1) is 11.6 Å². The van der Waals surface area contributed by atoms with Crippen LogP contribution in [0.5, 0.6) is 0 Å². The number of hydrogen-bond acceptors (Lipinski definition) is 2. The summed E-state index contributed by atoms with van der Waals surface area (Å²) in [6, 6.07) is 3.89. The highest BCUT2D eigenvalue weighted by Gasteiger charge is 2.26. The van der Waals surface area contributed by atoms with Crippen molar-refractivity contribution in [1.29, 1.82) is 0 Å². The summed E-state index contributed by atoms with van der Waals surface area (Å²) in [6.45, 7) is 3.18. The number of hydrogen-bond donors (Lipinski definition) is 1. The van der Waals surface area contributed by atoms with Gasteiger partial charge in [0.05, 0.1) is 11.7 Å². The van der Waals surface area contributed by atoms with Crippen LogP contribution in [0.3, 0.4) is 0 Å². The first-order chi connectivity index (χ1) is 7.72. The summed E-state index contributed by atoms with van der Waals surface area (Å²) in [5.74, 6) is -1.08. The Morgan fingerprint density at radius 2 is 2.00 bits per heavy atom. The lowest BCUT2D eigenvalue weighted by molar-refractivity contribution is -0.0430. The SMILES string of the molecule is CCC1CNCC(c2c(F)cccc2F)O1. The Kier molecular flexibility index (Phi) is 3.51. The third-order valence-corrected chi connectivity index (χ3v) is 2.84. The van der Waals surface area contributed by atoms with Gasteiger partial charge in [0.2, 0.25) is 0 Å². The van der Waals surface area contributed by atoms with Crippen molar-refractivity contribution < 1.29 is 13.5 Å². The molecule has 88 valence electrons. The molecule has 0 aromatic heterocycles. The van der Waals surface area contributed by atoms with Crippen molar-refractivity contribution in [3.63, 3.8) is 0 Å². The second kappa shape index (κ2) is 4.89. The van der Waals surface area contributed by atoms with E-state index in [2.05, 4.69) is 5.32 Å². The third kappa shape index (κ3) is 2.23. The first-order valence-corrected chi connectivity index (χ1v) is 5.52. The molecule has 1 aromatic rings. The molecule has 1 aromatic carbocycles. The second-order valence-electron chi connectivity index (χ2n) is 3.95. The average Bonchev–Trinajstić information content (AvgIpc) is 2.29. The summed E-state index contributed by atoms with van der Waals surface area (Å²) in [7, 11) is 0. The van der Waals surface area contributed by atoms with Crippen LogP contribution in [-0.4, -0.2) is 19.2 Å². The highest BCUT2D eigenvalue weighted by molar-refractivity contribution is 5.23. The highest BCUT2D eigenvalue weighted by atomic mass is 19.1. The molecule has 1 heterocycles. The fraction of sp³-hybridized carbons (Fsp3) is 0.500. The minimum atomic E-state index is -0.538. The molecule has 2 rings (SSSR count). The molecule has 2 unspecified atom stereocenters. The standard InChI is InChI=1S/C12H15F2NO/c1-2-8-6-15-7-11(16-8)12-9(13)4-3-5-10(12)14/h3-5,8,11,15H,2,6-7H2,1H3. The van der Waals surface area contributed by atoms with E-state index >= 15 is 0 Å². The van der Waals surface area contributed by atoms with E-state index in [1.807, 2.05) is 6.92 Å². The van der Waals surface area contributed by atoms with E-state index in [-0.39, 0.29) is 11.7 Å². The molecule has 0 aliphatic carbocycles. The van der Waals surface area contributed by atoms with Gasteiger partial charge in [-0.25, -0.2) is 8.78 Å². The van der Waals surface area contributed by atoms with Crippen molar-refractivity contribution in [2.24, 2.45) is 0 Å². The van der Waals surface area contributed by atoms with Gasteiger partial charge in [0, 0.05) is 13.1 Å². The van der Waals surface area contributed by atoms with Crippen LogP contribution in [0.1, 0.15) is 25.0 Å². The molecule has 1 aliphatic rings. The fourth-order valence-corrected chi connectivity index (χ4v) is 1.93. The van der Waals surface area contributed by atoms with Gasteiger partial charge < -0.3 is 10.1 Å². The van der Waals surface area contributed by atoms with E-state index in [0.29, 0.717) is 6.54 Å². The molecule has 1 fully saturated rings. The normalized spacial score (nSPS) is 25.7. The molecule has 0 radical (unpaired) electrons. The Balaban J connectivity index is 2.23. The summed E-state index contributed by atoms with van der Waals surface area (Å²) >= 11 is 0. The van der Waals surface area contributed by atoms with E-state index in [4.69, 9.17) is 4.74 Å². The smallest absolute Gasteiger partial charge is 0.132 e. The fourth-order valence-electron chi connectivity index (χ4n) is 1.93. The topological polar surface area (TPSA) is 21.3 Å². The largest absolute Gasteiger partial charge is 0.367 e. The molecule has 1 aliphatic heterocycles. The van der Waals surface area contributed by atoms with Crippen LogP contribution < -0.4 is 5.32 Å². The van der Waals surface area contributed by atoms with E-state index in [9.17, 15) is 8.78 Å². The summed E-state index contributed by atoms with van der Waals surface area (Å²) in [5.41, 5.74) is 0.0353.